The van der Waals surface area contributed by atoms with Crippen LogP contribution in [0.15, 0.2) is 59.1 Å². The van der Waals surface area contributed by atoms with Gasteiger partial charge in [-0.3, -0.25) is 9.69 Å². The van der Waals surface area contributed by atoms with Crippen molar-refractivity contribution in [3.63, 3.8) is 0 Å². The molecule has 30 heavy (non-hydrogen) atoms. The van der Waals surface area contributed by atoms with Gasteiger partial charge in [-0.25, -0.2) is 9.18 Å². The number of benzene rings is 2. The molecule has 8 heteroatoms. The minimum absolute atomic E-state index is 0.00592. The number of nitrogens with zero attached hydrogens (tertiary/aromatic N) is 2. The van der Waals surface area contributed by atoms with Crippen LogP contribution < -0.4 is 0 Å². The van der Waals surface area contributed by atoms with E-state index in [-0.39, 0.29) is 18.1 Å². The Morgan fingerprint density at radius 2 is 1.93 bits per heavy atom. The third-order valence-electron chi connectivity index (χ3n) is 5.35. The Morgan fingerprint density at radius 1 is 1.27 bits per heavy atom. The topological polar surface area (TPSA) is 90.6 Å². The van der Waals surface area contributed by atoms with Crippen molar-refractivity contribution in [2.75, 3.05) is 12.9 Å². The molecule has 2 heterocycles. The summed E-state index contributed by atoms with van der Waals surface area (Å²) >= 11 is 1.22. The average molecular weight is 424 g/mol. The number of rotatable bonds is 3. The van der Waals surface area contributed by atoms with Gasteiger partial charge in [0.05, 0.1) is 35.1 Å². The van der Waals surface area contributed by atoms with E-state index in [1.165, 1.54) is 48.0 Å². The Morgan fingerprint density at radius 3 is 2.53 bits per heavy atom. The second-order valence-corrected chi connectivity index (χ2v) is 8.01. The van der Waals surface area contributed by atoms with Crippen LogP contribution in [0.4, 0.5) is 4.39 Å². The summed E-state index contributed by atoms with van der Waals surface area (Å²) < 4.78 is 18.0. The third kappa shape index (κ3) is 3.16. The van der Waals surface area contributed by atoms with E-state index in [1.807, 2.05) is 0 Å². The Hall–Kier alpha value is -3.15. The van der Waals surface area contributed by atoms with Crippen molar-refractivity contribution >= 4 is 23.6 Å². The predicted molar refractivity (Wildman–Crippen MR) is 107 cm³/mol. The second kappa shape index (κ2) is 7.59. The van der Waals surface area contributed by atoms with Crippen LogP contribution in [0.3, 0.4) is 0 Å². The second-order valence-electron chi connectivity index (χ2n) is 7.04. The molecule has 2 aliphatic rings. The standard InChI is InChI=1S/C22H17FN2O4S/c1-29-21(27)14-4-2-13(3-5-14)17-10-19(26)25-20(18(17)11-24)30-12-22(25,28)15-6-8-16(23)9-7-15/h2-9,17,28H,10,12H2,1H3/t17-,22-/m0/s1. The molecule has 1 N–H and O–H groups in total. The number of aliphatic hydroxyl groups is 1. The predicted octanol–water partition coefficient (Wildman–Crippen LogP) is 3.26. The number of halogens is 1. The van der Waals surface area contributed by atoms with E-state index >= 15 is 0 Å². The lowest BCUT2D eigenvalue weighted by atomic mass is 9.85. The molecule has 0 unspecified atom stereocenters. The van der Waals surface area contributed by atoms with E-state index in [0.29, 0.717) is 21.7 Å². The average Bonchev–Trinajstić information content (AvgIpc) is 3.12. The van der Waals surface area contributed by atoms with Crippen molar-refractivity contribution in [1.82, 2.24) is 4.90 Å². The van der Waals surface area contributed by atoms with Crippen molar-refractivity contribution in [1.29, 1.82) is 5.26 Å². The summed E-state index contributed by atoms with van der Waals surface area (Å²) in [7, 11) is 1.29. The van der Waals surface area contributed by atoms with Gasteiger partial charge < -0.3 is 9.84 Å². The van der Waals surface area contributed by atoms with Gasteiger partial charge >= 0.3 is 5.97 Å². The molecule has 1 fully saturated rings. The number of amides is 1. The number of hydrogen-bond donors (Lipinski definition) is 1. The number of thioether (sulfide) groups is 1. The highest BCUT2D eigenvalue weighted by Gasteiger charge is 2.51. The van der Waals surface area contributed by atoms with Crippen molar-refractivity contribution in [2.45, 2.75) is 18.1 Å². The first-order chi connectivity index (χ1) is 14.4. The number of carbonyl (C=O) groups is 2. The number of methoxy groups -OCH3 is 1. The first kappa shape index (κ1) is 20.1. The largest absolute Gasteiger partial charge is 0.465 e. The SMILES string of the molecule is COC(=O)c1ccc([C@@H]2CC(=O)N3C(=C2C#N)SC[C@]3(O)c2ccc(F)cc2)cc1. The normalized spacial score (nSPS) is 23.2. The molecule has 0 saturated carbocycles. The highest BCUT2D eigenvalue weighted by molar-refractivity contribution is 8.03. The monoisotopic (exact) mass is 424 g/mol. The van der Waals surface area contributed by atoms with Crippen LogP contribution >= 0.6 is 11.8 Å². The Bertz CT molecular complexity index is 1090. The molecular weight excluding hydrogens is 407 g/mol. The highest BCUT2D eigenvalue weighted by atomic mass is 32.2. The fourth-order valence-electron chi connectivity index (χ4n) is 3.81. The first-order valence-electron chi connectivity index (χ1n) is 9.16. The smallest absolute Gasteiger partial charge is 0.337 e. The summed E-state index contributed by atoms with van der Waals surface area (Å²) in [5.41, 5.74) is 0.211. The maximum atomic E-state index is 13.3. The summed E-state index contributed by atoms with van der Waals surface area (Å²) in [6.07, 6.45) is -0.00592. The lowest BCUT2D eigenvalue weighted by Gasteiger charge is -2.38. The van der Waals surface area contributed by atoms with E-state index in [0.717, 1.165) is 5.56 Å². The van der Waals surface area contributed by atoms with Gasteiger partial charge in [-0.05, 0) is 29.8 Å². The molecule has 2 aromatic rings. The highest BCUT2D eigenvalue weighted by Crippen LogP contribution is 2.51. The number of carbonyl (C=O) groups excluding carboxylic acids is 2. The lowest BCUT2D eigenvalue weighted by molar-refractivity contribution is -0.149. The summed E-state index contributed by atoms with van der Waals surface area (Å²) in [4.78, 5) is 26.0. The van der Waals surface area contributed by atoms with Gasteiger partial charge in [0, 0.05) is 17.9 Å². The molecule has 0 aromatic heterocycles. The zero-order chi connectivity index (χ0) is 21.5. The van der Waals surface area contributed by atoms with Crippen LogP contribution in [0.25, 0.3) is 0 Å². The molecule has 0 spiro atoms. The van der Waals surface area contributed by atoms with Gasteiger partial charge in [0.1, 0.15) is 5.82 Å². The molecule has 6 nitrogen and oxygen atoms in total. The molecule has 1 amide bonds. The number of allylic oxidation sites excluding steroid dienone is 1. The number of fused-ring (bicyclic) bond motifs is 1. The minimum atomic E-state index is -1.65. The van der Waals surface area contributed by atoms with Crippen LogP contribution in [-0.4, -0.2) is 34.7 Å². The van der Waals surface area contributed by atoms with Gasteiger partial charge in [-0.2, -0.15) is 5.26 Å². The van der Waals surface area contributed by atoms with E-state index < -0.39 is 23.4 Å². The first-order valence-corrected chi connectivity index (χ1v) is 10.1. The molecule has 2 aliphatic heterocycles. The van der Waals surface area contributed by atoms with E-state index in [2.05, 4.69) is 6.07 Å². The Labute approximate surface area is 176 Å². The van der Waals surface area contributed by atoms with Gasteiger partial charge in [0.15, 0.2) is 5.72 Å². The Balaban J connectivity index is 1.73. The van der Waals surface area contributed by atoms with E-state index in [1.54, 1.807) is 24.3 Å². The van der Waals surface area contributed by atoms with Crippen molar-refractivity contribution < 1.29 is 23.8 Å². The van der Waals surface area contributed by atoms with Gasteiger partial charge in [0.25, 0.3) is 0 Å². The molecule has 2 aromatic carbocycles. The zero-order valence-electron chi connectivity index (χ0n) is 16.0. The van der Waals surface area contributed by atoms with Gasteiger partial charge in [-0.1, -0.05) is 24.3 Å². The summed E-state index contributed by atoms with van der Waals surface area (Å²) in [5, 5.41) is 21.5. The number of hydrogen-bond acceptors (Lipinski definition) is 6. The maximum Gasteiger partial charge on any atom is 0.337 e. The fourth-order valence-corrected chi connectivity index (χ4v) is 5.17. The fraction of sp³-hybridized carbons (Fsp3) is 0.227. The molecule has 0 bridgehead atoms. The minimum Gasteiger partial charge on any atom is -0.465 e. The van der Waals surface area contributed by atoms with Crippen LogP contribution in [0.2, 0.25) is 0 Å². The molecular formula is C22H17FN2O4S. The van der Waals surface area contributed by atoms with Crippen molar-refractivity contribution in [3.8, 4) is 6.07 Å². The molecule has 4 rings (SSSR count). The Kier molecular flexibility index (Phi) is 5.10. The van der Waals surface area contributed by atoms with E-state index in [9.17, 15) is 24.3 Å². The molecule has 2 atom stereocenters. The zero-order valence-corrected chi connectivity index (χ0v) is 16.8. The van der Waals surface area contributed by atoms with Crippen LogP contribution in [0, 0.1) is 17.1 Å². The quantitative estimate of drug-likeness (QED) is 0.761. The maximum absolute atomic E-state index is 13.3. The van der Waals surface area contributed by atoms with Crippen LogP contribution in [0.1, 0.15) is 33.8 Å². The summed E-state index contributed by atoms with van der Waals surface area (Å²) in [6.45, 7) is 0. The van der Waals surface area contributed by atoms with Crippen molar-refractivity contribution in [2.24, 2.45) is 0 Å². The van der Waals surface area contributed by atoms with Gasteiger partial charge in [0.2, 0.25) is 5.91 Å². The molecule has 152 valence electrons. The third-order valence-corrected chi connectivity index (χ3v) is 6.57. The summed E-state index contributed by atoms with van der Waals surface area (Å²) in [5.74, 6) is -1.59. The number of ether oxygens (including phenoxy) is 1. The number of nitriles is 1. The lowest BCUT2D eigenvalue weighted by Crippen LogP contribution is -2.48. The number of esters is 1. The van der Waals surface area contributed by atoms with Crippen LogP contribution in [0.5, 0.6) is 0 Å². The van der Waals surface area contributed by atoms with E-state index in [4.69, 9.17) is 4.74 Å². The van der Waals surface area contributed by atoms with Gasteiger partial charge in [-0.15, -0.1) is 11.8 Å². The molecule has 0 aliphatic carbocycles. The summed E-state index contributed by atoms with van der Waals surface area (Å²) in [6, 6.07) is 14.1. The van der Waals surface area contributed by atoms with Crippen LogP contribution in [-0.2, 0) is 15.3 Å². The molecule has 0 radical (unpaired) electrons. The molecule has 1 saturated heterocycles. The van der Waals surface area contributed by atoms with Crippen molar-refractivity contribution in [3.05, 3.63) is 81.6 Å².